The number of hydrogen-bond acceptors (Lipinski definition) is 3. The molecule has 0 N–H and O–H groups in total. The molecule has 0 spiro atoms. The van der Waals surface area contributed by atoms with Crippen LogP contribution in [0.1, 0.15) is 69.0 Å². The van der Waals surface area contributed by atoms with Gasteiger partial charge in [0.05, 0.1) is 17.9 Å². The van der Waals surface area contributed by atoms with Gasteiger partial charge in [0.25, 0.3) is 0 Å². The van der Waals surface area contributed by atoms with Gasteiger partial charge in [0.2, 0.25) is 17.7 Å². The third kappa shape index (κ3) is 3.74. The molecule has 5 fully saturated rings. The summed E-state index contributed by atoms with van der Waals surface area (Å²) in [5.41, 5.74) is 2.24. The van der Waals surface area contributed by atoms with Crippen molar-refractivity contribution in [1.29, 1.82) is 0 Å². The first kappa shape index (κ1) is 22.1. The van der Waals surface area contributed by atoms with Crippen molar-refractivity contribution in [3.05, 3.63) is 35.4 Å². The van der Waals surface area contributed by atoms with Crippen LogP contribution in [-0.2, 0) is 20.8 Å². The topological polar surface area (TPSA) is 60.9 Å². The molecule has 1 saturated heterocycles. The van der Waals surface area contributed by atoms with Crippen LogP contribution in [0.4, 0.5) is 0 Å². The van der Waals surface area contributed by atoms with Crippen molar-refractivity contribution in [3.63, 3.8) is 0 Å². The van der Waals surface area contributed by atoms with Crippen LogP contribution in [0.5, 0.6) is 0 Å². The minimum Gasteiger partial charge on any atom is -0.339 e. The van der Waals surface area contributed by atoms with Crippen LogP contribution in [0.25, 0.3) is 0 Å². The molecule has 2 heterocycles. The number of carbonyl (C=O) groups is 3. The molecular weight excluding hydrogens is 426 g/mol. The molecule has 34 heavy (non-hydrogen) atoms. The van der Waals surface area contributed by atoms with Crippen LogP contribution in [0.3, 0.4) is 0 Å². The van der Waals surface area contributed by atoms with E-state index in [0.717, 1.165) is 49.0 Å². The summed E-state index contributed by atoms with van der Waals surface area (Å²) < 4.78 is 0. The molecule has 6 heteroatoms. The van der Waals surface area contributed by atoms with Crippen LogP contribution in [0.15, 0.2) is 24.3 Å². The van der Waals surface area contributed by atoms with Crippen molar-refractivity contribution in [2.45, 2.75) is 64.3 Å². The van der Waals surface area contributed by atoms with Crippen molar-refractivity contribution in [2.24, 2.45) is 23.2 Å². The quantitative estimate of drug-likeness (QED) is 0.690. The highest BCUT2D eigenvalue weighted by atomic mass is 16.2. The van der Waals surface area contributed by atoms with Gasteiger partial charge in [0.1, 0.15) is 0 Å². The van der Waals surface area contributed by atoms with Crippen LogP contribution in [0.2, 0.25) is 0 Å². The largest absolute Gasteiger partial charge is 0.339 e. The normalized spacial score (nSPS) is 34.2. The Morgan fingerprint density at radius 3 is 2.06 bits per heavy atom. The van der Waals surface area contributed by atoms with E-state index in [1.54, 1.807) is 6.92 Å². The Morgan fingerprint density at radius 1 is 0.853 bits per heavy atom. The summed E-state index contributed by atoms with van der Waals surface area (Å²) in [6, 6.07) is 8.00. The molecule has 4 bridgehead atoms. The van der Waals surface area contributed by atoms with E-state index >= 15 is 0 Å². The van der Waals surface area contributed by atoms with Gasteiger partial charge in [-0.1, -0.05) is 24.3 Å². The highest BCUT2D eigenvalue weighted by molar-refractivity contribution is 5.84. The van der Waals surface area contributed by atoms with E-state index in [9.17, 15) is 14.4 Å². The highest BCUT2D eigenvalue weighted by Gasteiger charge is 2.55. The standard InChI is InChI=1S/C28H37N3O3/c1-19(32)31-7-6-23-4-2-3-5-24(23)25(31)15-26(33)29-8-10-30(11-9-29)27(34)28-16-20-12-21(17-28)14-22(13-20)18-28/h2-5,20-22,25H,6-18H2,1H3. The molecule has 1 atom stereocenters. The van der Waals surface area contributed by atoms with Crippen LogP contribution in [-0.4, -0.2) is 65.1 Å². The first-order valence-corrected chi connectivity index (χ1v) is 13.3. The zero-order valence-electron chi connectivity index (χ0n) is 20.4. The number of piperazine rings is 1. The molecule has 1 unspecified atom stereocenters. The zero-order valence-corrected chi connectivity index (χ0v) is 20.4. The molecule has 182 valence electrons. The second kappa shape index (κ2) is 8.39. The minimum absolute atomic E-state index is 0.0262. The Hall–Kier alpha value is -2.37. The van der Waals surface area contributed by atoms with E-state index in [0.29, 0.717) is 45.1 Å². The lowest BCUT2D eigenvalue weighted by Crippen LogP contribution is -2.58. The van der Waals surface area contributed by atoms with Gasteiger partial charge < -0.3 is 14.7 Å². The Kier molecular flexibility index (Phi) is 5.45. The van der Waals surface area contributed by atoms with E-state index in [1.807, 2.05) is 21.9 Å². The maximum absolute atomic E-state index is 13.7. The van der Waals surface area contributed by atoms with Gasteiger partial charge in [-0.2, -0.15) is 0 Å². The van der Waals surface area contributed by atoms with Gasteiger partial charge in [0.15, 0.2) is 0 Å². The van der Waals surface area contributed by atoms with Crippen molar-refractivity contribution in [2.75, 3.05) is 32.7 Å². The maximum Gasteiger partial charge on any atom is 0.228 e. The first-order chi connectivity index (χ1) is 16.4. The highest BCUT2D eigenvalue weighted by Crippen LogP contribution is 2.60. The monoisotopic (exact) mass is 463 g/mol. The Morgan fingerprint density at radius 2 is 1.44 bits per heavy atom. The fourth-order valence-corrected chi connectivity index (χ4v) is 8.41. The van der Waals surface area contributed by atoms with E-state index in [2.05, 4.69) is 17.0 Å². The molecule has 0 radical (unpaired) electrons. The van der Waals surface area contributed by atoms with Crippen molar-refractivity contribution in [3.8, 4) is 0 Å². The second-order valence-corrected chi connectivity index (χ2v) is 11.8. The summed E-state index contributed by atoms with van der Waals surface area (Å²) in [7, 11) is 0. The molecule has 6 aliphatic rings. The van der Waals surface area contributed by atoms with E-state index in [4.69, 9.17) is 0 Å². The number of benzene rings is 1. The fraction of sp³-hybridized carbons (Fsp3) is 0.679. The fourth-order valence-electron chi connectivity index (χ4n) is 8.41. The number of rotatable bonds is 3. The van der Waals surface area contributed by atoms with Gasteiger partial charge in [-0.05, 0) is 73.8 Å². The SMILES string of the molecule is CC(=O)N1CCc2ccccc2C1CC(=O)N1CCN(C(=O)C23CC4CC(CC(C4)C2)C3)CC1. The average molecular weight is 464 g/mol. The van der Waals surface area contributed by atoms with Crippen LogP contribution >= 0.6 is 0 Å². The number of amides is 3. The molecule has 1 aromatic rings. The number of fused-ring (bicyclic) bond motifs is 1. The van der Waals surface area contributed by atoms with Crippen LogP contribution < -0.4 is 0 Å². The lowest BCUT2D eigenvalue weighted by molar-refractivity contribution is -0.160. The average Bonchev–Trinajstić information content (AvgIpc) is 2.83. The first-order valence-electron chi connectivity index (χ1n) is 13.3. The summed E-state index contributed by atoms with van der Waals surface area (Å²) in [6.45, 7) is 4.75. The summed E-state index contributed by atoms with van der Waals surface area (Å²) in [4.78, 5) is 45.2. The summed E-state index contributed by atoms with van der Waals surface area (Å²) in [6.07, 6.45) is 8.48. The maximum atomic E-state index is 13.7. The number of nitrogens with zero attached hydrogens (tertiary/aromatic N) is 3. The zero-order chi connectivity index (χ0) is 23.4. The predicted molar refractivity (Wildman–Crippen MR) is 129 cm³/mol. The summed E-state index contributed by atoms with van der Waals surface area (Å²) in [5, 5.41) is 0. The lowest BCUT2D eigenvalue weighted by atomic mass is 9.49. The molecular formula is C28H37N3O3. The third-order valence-electron chi connectivity index (χ3n) is 9.60. The molecule has 2 aliphatic heterocycles. The Bertz CT molecular complexity index is 961. The molecule has 0 aromatic heterocycles. The molecule has 7 rings (SSSR count). The lowest BCUT2D eigenvalue weighted by Gasteiger charge is -2.57. The molecule has 6 nitrogen and oxygen atoms in total. The Balaban J connectivity index is 1.10. The predicted octanol–water partition coefficient (Wildman–Crippen LogP) is 3.41. The molecule has 3 amide bonds. The third-order valence-corrected chi connectivity index (χ3v) is 9.60. The number of hydrogen-bond donors (Lipinski definition) is 0. The van der Waals surface area contributed by atoms with Gasteiger partial charge in [-0.3, -0.25) is 14.4 Å². The summed E-state index contributed by atoms with van der Waals surface area (Å²) in [5.74, 6) is 2.79. The smallest absolute Gasteiger partial charge is 0.228 e. The van der Waals surface area contributed by atoms with Gasteiger partial charge in [-0.15, -0.1) is 0 Å². The number of carbonyl (C=O) groups excluding carboxylic acids is 3. The van der Waals surface area contributed by atoms with Crippen LogP contribution in [0, 0.1) is 23.2 Å². The van der Waals surface area contributed by atoms with Gasteiger partial charge >= 0.3 is 0 Å². The summed E-state index contributed by atoms with van der Waals surface area (Å²) >= 11 is 0. The van der Waals surface area contributed by atoms with Crippen molar-refractivity contribution < 1.29 is 14.4 Å². The molecule has 4 saturated carbocycles. The minimum atomic E-state index is -0.193. The molecule has 1 aromatic carbocycles. The van der Waals surface area contributed by atoms with Gasteiger partial charge in [-0.25, -0.2) is 0 Å². The van der Waals surface area contributed by atoms with E-state index in [-0.39, 0.29) is 23.3 Å². The van der Waals surface area contributed by atoms with E-state index < -0.39 is 0 Å². The van der Waals surface area contributed by atoms with Crippen molar-refractivity contribution in [1.82, 2.24) is 14.7 Å². The van der Waals surface area contributed by atoms with Crippen molar-refractivity contribution >= 4 is 17.7 Å². The second-order valence-electron chi connectivity index (χ2n) is 11.8. The van der Waals surface area contributed by atoms with E-state index in [1.165, 1.54) is 24.8 Å². The molecule has 4 aliphatic carbocycles. The Labute approximate surface area is 202 Å². The van der Waals surface area contributed by atoms with Gasteiger partial charge in [0, 0.05) is 39.6 Å².